The largest absolute Gasteiger partial charge is 0.497 e. The number of hydrogen-bond donors (Lipinski definition) is 1. The minimum atomic E-state index is -0.883. The number of aliphatic carboxylic acids is 1. The van der Waals surface area contributed by atoms with E-state index in [1.54, 1.807) is 37.4 Å². The monoisotopic (exact) mass is 479 g/mol. The normalized spacial score (nSPS) is 16.6. The molecule has 1 aliphatic rings. The van der Waals surface area contributed by atoms with Crippen LogP contribution < -0.4 is 4.74 Å². The molecule has 1 atom stereocenters. The Labute approximate surface area is 203 Å². The van der Waals surface area contributed by atoms with Crippen LogP contribution >= 0.6 is 0 Å². The van der Waals surface area contributed by atoms with Gasteiger partial charge in [0.15, 0.2) is 0 Å². The average molecular weight is 480 g/mol. The van der Waals surface area contributed by atoms with Crippen LogP contribution in [0.4, 0.5) is 8.78 Å². The van der Waals surface area contributed by atoms with E-state index in [0.717, 1.165) is 0 Å². The lowest BCUT2D eigenvalue weighted by Gasteiger charge is -2.38. The van der Waals surface area contributed by atoms with Crippen molar-refractivity contribution in [2.24, 2.45) is 0 Å². The maximum absolute atomic E-state index is 14.6. The first-order valence-corrected chi connectivity index (χ1v) is 11.5. The van der Waals surface area contributed by atoms with Crippen LogP contribution in [0.5, 0.6) is 5.75 Å². The lowest BCUT2D eigenvalue weighted by molar-refractivity contribution is -0.145. The highest BCUT2D eigenvalue weighted by Crippen LogP contribution is 2.25. The van der Waals surface area contributed by atoms with Gasteiger partial charge in [0.25, 0.3) is 0 Å². The Balaban J connectivity index is 1.36. The van der Waals surface area contributed by atoms with Crippen molar-refractivity contribution in [2.75, 3.05) is 39.8 Å². The molecule has 1 saturated heterocycles. The Kier molecular flexibility index (Phi) is 7.91. The maximum Gasteiger partial charge on any atom is 0.322 e. The molecule has 0 unspecified atom stereocenters. The fourth-order valence-corrected chi connectivity index (χ4v) is 4.35. The number of rotatable bonds is 7. The number of aromatic nitrogens is 1. The van der Waals surface area contributed by atoms with Crippen LogP contribution in [0.2, 0.25) is 0 Å². The molecule has 0 radical (unpaired) electrons. The number of hydrogen-bond acceptors (Lipinski definition) is 5. The summed E-state index contributed by atoms with van der Waals surface area (Å²) in [5, 5.41) is 10.5. The summed E-state index contributed by atoms with van der Waals surface area (Å²) in [4.78, 5) is 20.0. The van der Waals surface area contributed by atoms with E-state index in [0.29, 0.717) is 73.3 Å². The van der Waals surface area contributed by atoms with E-state index in [9.17, 15) is 18.7 Å². The van der Waals surface area contributed by atoms with E-state index in [-0.39, 0.29) is 11.6 Å². The van der Waals surface area contributed by atoms with E-state index in [2.05, 4.69) is 16.8 Å². The molecule has 0 aliphatic carbocycles. The second-order valence-electron chi connectivity index (χ2n) is 8.51. The van der Waals surface area contributed by atoms with Crippen molar-refractivity contribution in [3.05, 3.63) is 71.4 Å². The molecule has 182 valence electrons. The quantitative estimate of drug-likeness (QED) is 0.523. The Morgan fingerprint density at radius 1 is 1.20 bits per heavy atom. The van der Waals surface area contributed by atoms with Gasteiger partial charge in [-0.15, -0.1) is 0 Å². The van der Waals surface area contributed by atoms with Crippen LogP contribution in [-0.4, -0.2) is 71.7 Å². The predicted molar refractivity (Wildman–Crippen MR) is 129 cm³/mol. The van der Waals surface area contributed by atoms with Gasteiger partial charge < -0.3 is 9.84 Å². The van der Waals surface area contributed by atoms with Gasteiger partial charge in [0, 0.05) is 30.6 Å². The second kappa shape index (κ2) is 11.3. The number of benzene rings is 2. The number of pyridine rings is 1. The van der Waals surface area contributed by atoms with Gasteiger partial charge in [0.1, 0.15) is 23.4 Å². The highest BCUT2D eigenvalue weighted by molar-refractivity contribution is 5.83. The Hall–Kier alpha value is -3.54. The van der Waals surface area contributed by atoms with Crippen molar-refractivity contribution in [3.63, 3.8) is 0 Å². The summed E-state index contributed by atoms with van der Waals surface area (Å²) in [5.41, 5.74) is 1.98. The number of halogens is 2. The molecule has 2 aromatic carbocycles. The van der Waals surface area contributed by atoms with Gasteiger partial charge in [0.05, 0.1) is 25.4 Å². The highest BCUT2D eigenvalue weighted by atomic mass is 19.1. The Morgan fingerprint density at radius 3 is 2.74 bits per heavy atom. The molecule has 6 nitrogen and oxygen atoms in total. The van der Waals surface area contributed by atoms with E-state index in [1.807, 2.05) is 9.80 Å². The lowest BCUT2D eigenvalue weighted by Crippen LogP contribution is -2.56. The number of piperazine rings is 1. The number of carboxylic acid groups (broad SMARTS) is 1. The van der Waals surface area contributed by atoms with Crippen molar-refractivity contribution < 1.29 is 23.4 Å². The smallest absolute Gasteiger partial charge is 0.322 e. The molecular formula is C27H27F2N3O3. The van der Waals surface area contributed by atoms with Crippen LogP contribution in [0.25, 0.3) is 10.9 Å². The Morgan fingerprint density at radius 2 is 2.00 bits per heavy atom. The van der Waals surface area contributed by atoms with Gasteiger partial charge in [-0.1, -0.05) is 11.8 Å². The topological polar surface area (TPSA) is 65.9 Å². The third kappa shape index (κ3) is 6.13. The SMILES string of the molecule is COc1ccc2ncc(F)c(CCCN3CCN(CC#Cc4ccc(F)cc4)C[C@@H]3C(=O)O)c2c1. The number of methoxy groups -OCH3 is 1. The molecule has 0 spiro atoms. The zero-order valence-electron chi connectivity index (χ0n) is 19.5. The molecule has 1 aromatic heterocycles. The number of ether oxygens (including phenoxy) is 1. The van der Waals surface area contributed by atoms with Gasteiger partial charge in [-0.3, -0.25) is 19.6 Å². The number of carboxylic acids is 1. The predicted octanol–water partition coefficient (Wildman–Crippen LogP) is 3.58. The fraction of sp³-hybridized carbons (Fsp3) is 0.333. The van der Waals surface area contributed by atoms with Crippen LogP contribution in [0, 0.1) is 23.5 Å². The first-order valence-electron chi connectivity index (χ1n) is 11.5. The van der Waals surface area contributed by atoms with Gasteiger partial charge in [-0.05, 0) is 67.4 Å². The highest BCUT2D eigenvalue weighted by Gasteiger charge is 2.31. The van der Waals surface area contributed by atoms with Crippen LogP contribution in [0.15, 0.2) is 48.7 Å². The fourth-order valence-electron chi connectivity index (χ4n) is 4.35. The van der Waals surface area contributed by atoms with Gasteiger partial charge >= 0.3 is 5.97 Å². The second-order valence-corrected chi connectivity index (χ2v) is 8.51. The van der Waals surface area contributed by atoms with Gasteiger partial charge in [-0.25, -0.2) is 8.78 Å². The molecule has 1 aliphatic heterocycles. The molecular weight excluding hydrogens is 452 g/mol. The molecule has 3 aromatic rings. The minimum absolute atomic E-state index is 0.310. The first-order chi connectivity index (χ1) is 16.9. The summed E-state index contributed by atoms with van der Waals surface area (Å²) in [6.07, 6.45) is 2.31. The number of fused-ring (bicyclic) bond motifs is 1. The zero-order chi connectivity index (χ0) is 24.8. The molecule has 0 saturated carbocycles. The molecule has 0 amide bonds. The Bertz CT molecular complexity index is 1250. The van der Waals surface area contributed by atoms with E-state index < -0.39 is 12.0 Å². The van der Waals surface area contributed by atoms with Crippen molar-refractivity contribution in [2.45, 2.75) is 18.9 Å². The number of nitrogens with zero attached hydrogens (tertiary/aromatic N) is 3. The molecule has 8 heteroatoms. The molecule has 0 bridgehead atoms. The standard InChI is InChI=1S/C27H27F2N3O3/c1-35-21-10-11-25-23(16-21)22(24(29)17-30-25)5-3-13-32-15-14-31(18-26(32)27(33)34)12-2-4-19-6-8-20(28)9-7-19/h6-11,16-17,26H,3,5,12-15,18H2,1H3,(H,33,34)/t26-/m1/s1. The number of carbonyl (C=O) groups is 1. The van der Waals surface area contributed by atoms with E-state index >= 15 is 0 Å². The van der Waals surface area contributed by atoms with Crippen molar-refractivity contribution >= 4 is 16.9 Å². The first kappa shape index (κ1) is 24.6. The molecule has 1 fully saturated rings. The van der Waals surface area contributed by atoms with Gasteiger partial charge in [-0.2, -0.15) is 0 Å². The third-order valence-electron chi connectivity index (χ3n) is 6.25. The summed E-state index contributed by atoms with van der Waals surface area (Å²) in [5.74, 6) is 5.10. The molecule has 2 heterocycles. The summed E-state index contributed by atoms with van der Waals surface area (Å²) >= 11 is 0. The molecule has 1 N–H and O–H groups in total. The average Bonchev–Trinajstić information content (AvgIpc) is 2.86. The zero-order valence-corrected chi connectivity index (χ0v) is 19.5. The number of aryl methyl sites for hydroxylation is 1. The van der Waals surface area contributed by atoms with Crippen molar-refractivity contribution in [3.8, 4) is 17.6 Å². The van der Waals surface area contributed by atoms with Crippen LogP contribution in [-0.2, 0) is 11.2 Å². The van der Waals surface area contributed by atoms with Crippen molar-refractivity contribution in [1.29, 1.82) is 0 Å². The summed E-state index contributed by atoms with van der Waals surface area (Å²) in [6, 6.07) is 10.7. The van der Waals surface area contributed by atoms with Crippen LogP contribution in [0.1, 0.15) is 17.5 Å². The van der Waals surface area contributed by atoms with E-state index in [1.165, 1.54) is 18.3 Å². The molecule has 4 rings (SSSR count). The van der Waals surface area contributed by atoms with Gasteiger partial charge in [0.2, 0.25) is 0 Å². The summed E-state index contributed by atoms with van der Waals surface area (Å²) < 4.78 is 32.9. The van der Waals surface area contributed by atoms with E-state index in [4.69, 9.17) is 4.74 Å². The molecule has 35 heavy (non-hydrogen) atoms. The van der Waals surface area contributed by atoms with Crippen LogP contribution in [0.3, 0.4) is 0 Å². The minimum Gasteiger partial charge on any atom is -0.497 e. The summed E-state index contributed by atoms with van der Waals surface area (Å²) in [6.45, 7) is 2.61. The van der Waals surface area contributed by atoms with Crippen molar-refractivity contribution in [1.82, 2.24) is 14.8 Å². The lowest BCUT2D eigenvalue weighted by atomic mass is 10.0. The summed E-state index contributed by atoms with van der Waals surface area (Å²) in [7, 11) is 1.56. The third-order valence-corrected chi connectivity index (χ3v) is 6.25. The maximum atomic E-state index is 14.6.